The Kier molecular flexibility index (Phi) is 6.86. The topological polar surface area (TPSA) is 42.0 Å². The first-order valence-electron chi connectivity index (χ1n) is 12.2. The minimum Gasteiger partial charge on any atom is -0.354 e. The number of rotatable bonds is 4. The van der Waals surface area contributed by atoms with Crippen LogP contribution in [0, 0.1) is 11.8 Å². The molecular weight excluding hydrogens is 436 g/mol. The molecule has 2 atom stereocenters. The Morgan fingerprint density at radius 3 is 1.48 bits per heavy atom. The van der Waals surface area contributed by atoms with Crippen LogP contribution >= 0.6 is 12.4 Å². The zero-order valence-electron chi connectivity index (χ0n) is 19.0. The van der Waals surface area contributed by atoms with Crippen LogP contribution in [0.25, 0.3) is 0 Å². The number of hydrogen-bond acceptors (Lipinski definition) is 5. The van der Waals surface area contributed by atoms with E-state index in [1.807, 2.05) is 0 Å². The van der Waals surface area contributed by atoms with E-state index in [1.54, 1.807) is 0 Å². The number of Topliss-reactive ketones (excluding diaryl/α,β-unsaturated/α-hetero) is 1. The lowest BCUT2D eigenvalue weighted by molar-refractivity contribution is -0.133. The quantitative estimate of drug-likeness (QED) is 0.641. The number of likely N-dealkylation sites (tertiary alicyclic amines) is 2. The van der Waals surface area contributed by atoms with Crippen molar-refractivity contribution in [3.63, 3.8) is 0 Å². The maximum Gasteiger partial charge on any atom is 0.139 e. The highest BCUT2D eigenvalue weighted by molar-refractivity contribution is 5.85. The molecule has 2 saturated heterocycles. The van der Waals surface area contributed by atoms with E-state index in [2.05, 4.69) is 58.3 Å². The summed E-state index contributed by atoms with van der Waals surface area (Å²) in [6, 6.07) is 17.0. The second kappa shape index (κ2) is 9.85. The molecule has 176 valence electrons. The molecule has 6 rings (SSSR count). The van der Waals surface area contributed by atoms with Crippen molar-refractivity contribution in [3.8, 4) is 0 Å². The van der Waals surface area contributed by atoms with Crippen LogP contribution in [0.1, 0.15) is 60.4 Å². The monoisotopic (exact) mass is 468 g/mol. The molecule has 4 aliphatic rings. The van der Waals surface area contributed by atoms with E-state index in [0.29, 0.717) is 19.0 Å². The molecule has 6 heteroatoms. The number of ether oxygens (including phenoxy) is 2. The van der Waals surface area contributed by atoms with Crippen LogP contribution in [-0.4, -0.2) is 41.8 Å². The van der Waals surface area contributed by atoms with Gasteiger partial charge in [0.1, 0.15) is 18.2 Å². The standard InChI is InChI=1S/C27H32N2O3.ClH/c30-25(19-9-13-28(14-10-19)26-23-7-3-1-5-21(23)17-31-26)20-11-15-29(16-12-20)27-24-8-4-2-6-22(24)18-32-27;/h1-8,19-20,26-27H,9-18H2;1H. The maximum atomic E-state index is 13.3. The molecule has 0 aliphatic carbocycles. The smallest absolute Gasteiger partial charge is 0.139 e. The average molecular weight is 469 g/mol. The summed E-state index contributed by atoms with van der Waals surface area (Å²) in [5.74, 6) is 0.926. The van der Waals surface area contributed by atoms with Gasteiger partial charge in [-0.1, -0.05) is 48.5 Å². The third-order valence-electron chi connectivity index (χ3n) is 7.96. The van der Waals surface area contributed by atoms with Crippen molar-refractivity contribution in [2.45, 2.75) is 51.4 Å². The summed E-state index contributed by atoms with van der Waals surface area (Å²) in [6.07, 6.45) is 3.97. The molecule has 0 bridgehead atoms. The lowest BCUT2D eigenvalue weighted by Crippen LogP contribution is -2.43. The largest absolute Gasteiger partial charge is 0.354 e. The average Bonchev–Trinajstić information content (AvgIpc) is 3.48. The van der Waals surface area contributed by atoms with Gasteiger partial charge in [0.25, 0.3) is 0 Å². The van der Waals surface area contributed by atoms with E-state index < -0.39 is 0 Å². The fourth-order valence-corrected chi connectivity index (χ4v) is 6.10. The maximum absolute atomic E-state index is 13.3. The Morgan fingerprint density at radius 2 is 1.06 bits per heavy atom. The molecule has 0 spiro atoms. The fraction of sp³-hybridized carbons (Fsp3) is 0.519. The summed E-state index contributed by atoms with van der Waals surface area (Å²) in [5, 5.41) is 0. The van der Waals surface area contributed by atoms with Gasteiger partial charge < -0.3 is 9.47 Å². The third-order valence-corrected chi connectivity index (χ3v) is 7.96. The Labute approximate surface area is 202 Å². The van der Waals surface area contributed by atoms with Crippen molar-refractivity contribution >= 4 is 18.2 Å². The van der Waals surface area contributed by atoms with Crippen molar-refractivity contribution in [3.05, 3.63) is 70.8 Å². The number of ketones is 1. The summed E-state index contributed by atoms with van der Waals surface area (Å²) in [6.45, 7) is 5.19. The number of hydrogen-bond donors (Lipinski definition) is 0. The molecule has 0 aromatic heterocycles. The van der Waals surface area contributed by atoms with Crippen molar-refractivity contribution in [2.75, 3.05) is 26.2 Å². The van der Waals surface area contributed by atoms with Gasteiger partial charge in [0, 0.05) is 49.1 Å². The van der Waals surface area contributed by atoms with E-state index in [0.717, 1.165) is 51.9 Å². The zero-order chi connectivity index (χ0) is 21.5. The third kappa shape index (κ3) is 4.38. The first-order valence-corrected chi connectivity index (χ1v) is 12.2. The van der Waals surface area contributed by atoms with Gasteiger partial charge in [-0.25, -0.2) is 0 Å². The number of benzene rings is 2. The van der Waals surface area contributed by atoms with Gasteiger partial charge in [-0.15, -0.1) is 12.4 Å². The van der Waals surface area contributed by atoms with Crippen molar-refractivity contribution in [1.29, 1.82) is 0 Å². The Morgan fingerprint density at radius 1 is 0.667 bits per heavy atom. The predicted octanol–water partition coefficient (Wildman–Crippen LogP) is 4.86. The van der Waals surface area contributed by atoms with Gasteiger partial charge in [0.15, 0.2) is 0 Å². The molecular formula is C27H33ClN2O3. The summed E-state index contributed by atoms with van der Waals surface area (Å²) in [4.78, 5) is 18.2. The number of carbonyl (C=O) groups excluding carboxylic acids is 1. The van der Waals surface area contributed by atoms with Gasteiger partial charge in [-0.2, -0.15) is 0 Å². The van der Waals surface area contributed by atoms with Crippen LogP contribution in [-0.2, 0) is 27.5 Å². The first-order chi connectivity index (χ1) is 15.8. The van der Waals surface area contributed by atoms with Gasteiger partial charge >= 0.3 is 0 Å². The molecule has 2 fully saturated rings. The lowest BCUT2D eigenvalue weighted by Gasteiger charge is -2.38. The number of piperidine rings is 2. The molecule has 0 radical (unpaired) electrons. The van der Waals surface area contributed by atoms with Crippen LogP contribution in [0.15, 0.2) is 48.5 Å². The predicted molar refractivity (Wildman–Crippen MR) is 129 cm³/mol. The van der Waals surface area contributed by atoms with Crippen molar-refractivity contribution < 1.29 is 14.3 Å². The molecule has 2 aromatic rings. The molecule has 0 saturated carbocycles. The second-order valence-electron chi connectivity index (χ2n) is 9.75. The van der Waals surface area contributed by atoms with E-state index in [-0.39, 0.29) is 36.7 Å². The highest BCUT2D eigenvalue weighted by Gasteiger charge is 2.38. The molecule has 0 amide bonds. The molecule has 4 aliphatic heterocycles. The van der Waals surface area contributed by atoms with Gasteiger partial charge in [0.2, 0.25) is 0 Å². The van der Waals surface area contributed by atoms with E-state index >= 15 is 0 Å². The van der Waals surface area contributed by atoms with Crippen LogP contribution in [0.4, 0.5) is 0 Å². The van der Waals surface area contributed by atoms with Crippen LogP contribution in [0.2, 0.25) is 0 Å². The highest BCUT2D eigenvalue weighted by atomic mass is 35.5. The Balaban J connectivity index is 0.00000228. The molecule has 4 heterocycles. The molecule has 5 nitrogen and oxygen atoms in total. The normalized spacial score (nSPS) is 26.5. The molecule has 33 heavy (non-hydrogen) atoms. The van der Waals surface area contributed by atoms with Crippen LogP contribution in [0.5, 0.6) is 0 Å². The van der Waals surface area contributed by atoms with Gasteiger partial charge in [-0.05, 0) is 36.8 Å². The van der Waals surface area contributed by atoms with Crippen LogP contribution in [0.3, 0.4) is 0 Å². The van der Waals surface area contributed by atoms with E-state index in [9.17, 15) is 4.79 Å². The molecule has 0 N–H and O–H groups in total. The first kappa shape index (κ1) is 23.0. The SMILES string of the molecule is Cl.O=C(C1CCN(C2OCc3ccccc32)CC1)C1CCN(C2OCc3ccccc32)CC1. The van der Waals surface area contributed by atoms with Gasteiger partial charge in [-0.3, -0.25) is 14.6 Å². The van der Waals surface area contributed by atoms with Crippen molar-refractivity contribution in [2.24, 2.45) is 11.8 Å². The summed E-state index contributed by atoms with van der Waals surface area (Å²) in [5.41, 5.74) is 5.22. The highest BCUT2D eigenvalue weighted by Crippen LogP contribution is 2.38. The molecule has 2 unspecified atom stereocenters. The number of nitrogens with zero attached hydrogens (tertiary/aromatic N) is 2. The Bertz CT molecular complexity index is 905. The fourth-order valence-electron chi connectivity index (χ4n) is 6.10. The Hall–Kier alpha value is -1.76. The minimum absolute atomic E-state index is 0. The molecule has 2 aromatic carbocycles. The lowest BCUT2D eigenvalue weighted by atomic mass is 9.81. The van der Waals surface area contributed by atoms with E-state index in [4.69, 9.17) is 9.47 Å². The zero-order valence-corrected chi connectivity index (χ0v) is 19.8. The second-order valence-corrected chi connectivity index (χ2v) is 9.75. The van der Waals surface area contributed by atoms with Gasteiger partial charge in [0.05, 0.1) is 13.2 Å². The van der Waals surface area contributed by atoms with Crippen molar-refractivity contribution in [1.82, 2.24) is 9.80 Å². The number of carbonyl (C=O) groups is 1. The number of fused-ring (bicyclic) bond motifs is 2. The summed E-state index contributed by atoms with van der Waals surface area (Å²) >= 11 is 0. The minimum atomic E-state index is 0. The summed E-state index contributed by atoms with van der Waals surface area (Å²) in [7, 11) is 0. The van der Waals surface area contributed by atoms with Crippen LogP contribution < -0.4 is 0 Å². The number of halogens is 1. The van der Waals surface area contributed by atoms with E-state index in [1.165, 1.54) is 22.3 Å². The summed E-state index contributed by atoms with van der Waals surface area (Å²) < 4.78 is 12.2.